The zero-order valence-electron chi connectivity index (χ0n) is 15.0. The van der Waals surface area contributed by atoms with E-state index in [1.54, 1.807) is 6.26 Å². The van der Waals surface area contributed by atoms with Gasteiger partial charge >= 0.3 is 0 Å². The summed E-state index contributed by atoms with van der Waals surface area (Å²) in [5, 5.41) is 4.05. The monoisotopic (exact) mass is 449 g/mol. The minimum atomic E-state index is 0.377. The molecular weight excluding hydrogens is 430 g/mol. The Kier molecular flexibility index (Phi) is 7.21. The van der Waals surface area contributed by atoms with E-state index in [1.807, 2.05) is 55.5 Å². The molecule has 3 rings (SSSR count). The van der Waals surface area contributed by atoms with E-state index in [9.17, 15) is 0 Å². The molecule has 0 saturated carbocycles. The fourth-order valence-electron chi connectivity index (χ4n) is 2.60. The van der Waals surface area contributed by atoms with E-state index in [2.05, 4.69) is 21.2 Å². The third kappa shape index (κ3) is 5.51. The fraction of sp³-hybridized carbons (Fsp3) is 0.238. The number of nitrogens with one attached hydrogen (secondary N) is 1. The van der Waals surface area contributed by atoms with Crippen LogP contribution in [0.15, 0.2) is 63.7 Å². The van der Waals surface area contributed by atoms with Crippen molar-refractivity contribution in [3.05, 3.63) is 81.2 Å². The molecule has 0 spiro atoms. The van der Waals surface area contributed by atoms with Crippen molar-refractivity contribution in [2.24, 2.45) is 0 Å². The van der Waals surface area contributed by atoms with Crippen LogP contribution in [0, 0.1) is 0 Å². The minimum absolute atomic E-state index is 0.377. The number of furan rings is 1. The van der Waals surface area contributed by atoms with Gasteiger partial charge in [0.25, 0.3) is 0 Å². The molecule has 0 fully saturated rings. The van der Waals surface area contributed by atoms with Gasteiger partial charge in [0.1, 0.15) is 12.4 Å². The maximum Gasteiger partial charge on any atom is 0.162 e. The number of halogens is 2. The smallest absolute Gasteiger partial charge is 0.162 e. The zero-order valence-corrected chi connectivity index (χ0v) is 17.3. The summed E-state index contributed by atoms with van der Waals surface area (Å²) in [5.41, 5.74) is 2.01. The van der Waals surface area contributed by atoms with E-state index < -0.39 is 0 Å². The molecule has 1 N–H and O–H groups in total. The summed E-state index contributed by atoms with van der Waals surface area (Å²) >= 11 is 9.84. The Balaban J connectivity index is 1.70. The Hall–Kier alpha value is -1.95. The van der Waals surface area contributed by atoms with Crippen LogP contribution in [0.25, 0.3) is 0 Å². The summed E-state index contributed by atoms with van der Waals surface area (Å²) < 4.78 is 18.0. The predicted molar refractivity (Wildman–Crippen MR) is 110 cm³/mol. The fourth-order valence-corrected chi connectivity index (χ4v) is 3.25. The van der Waals surface area contributed by atoms with E-state index in [0.29, 0.717) is 42.8 Å². The average molecular weight is 451 g/mol. The third-order valence-electron chi connectivity index (χ3n) is 3.95. The van der Waals surface area contributed by atoms with E-state index in [-0.39, 0.29) is 0 Å². The van der Waals surface area contributed by atoms with Gasteiger partial charge in [-0.15, -0.1) is 0 Å². The highest BCUT2D eigenvalue weighted by Gasteiger charge is 2.12. The van der Waals surface area contributed by atoms with Crippen LogP contribution in [0.5, 0.6) is 11.5 Å². The first-order valence-corrected chi connectivity index (χ1v) is 9.89. The summed E-state index contributed by atoms with van der Waals surface area (Å²) in [6.07, 6.45) is 1.67. The van der Waals surface area contributed by atoms with Gasteiger partial charge in [-0.05, 0) is 42.8 Å². The minimum Gasteiger partial charge on any atom is -0.490 e. The van der Waals surface area contributed by atoms with Gasteiger partial charge in [0.15, 0.2) is 11.5 Å². The molecule has 1 aromatic heterocycles. The Bertz CT molecular complexity index is 868. The molecule has 0 radical (unpaired) electrons. The van der Waals surface area contributed by atoms with Crippen LogP contribution in [0.4, 0.5) is 0 Å². The number of hydrogen-bond donors (Lipinski definition) is 1. The average Bonchev–Trinajstić information content (AvgIpc) is 3.17. The number of hydrogen-bond acceptors (Lipinski definition) is 4. The lowest BCUT2D eigenvalue weighted by Gasteiger charge is -2.16. The van der Waals surface area contributed by atoms with Crippen LogP contribution in [-0.2, 0) is 19.7 Å². The molecular formula is C21H21BrClNO3. The van der Waals surface area contributed by atoms with E-state index in [0.717, 1.165) is 21.4 Å². The highest BCUT2D eigenvalue weighted by atomic mass is 79.9. The number of rotatable bonds is 9. The zero-order chi connectivity index (χ0) is 19.1. The van der Waals surface area contributed by atoms with Gasteiger partial charge in [-0.1, -0.05) is 45.7 Å². The van der Waals surface area contributed by atoms with Crippen molar-refractivity contribution in [3.8, 4) is 11.5 Å². The molecule has 0 bridgehead atoms. The molecule has 0 aliphatic carbocycles. The lowest BCUT2D eigenvalue weighted by atomic mass is 10.2. The van der Waals surface area contributed by atoms with Crippen LogP contribution in [0.3, 0.4) is 0 Å². The molecule has 142 valence electrons. The van der Waals surface area contributed by atoms with Crippen molar-refractivity contribution in [3.63, 3.8) is 0 Å². The van der Waals surface area contributed by atoms with Crippen molar-refractivity contribution < 1.29 is 13.9 Å². The molecule has 6 heteroatoms. The summed E-state index contributed by atoms with van der Waals surface area (Å²) in [5.74, 6) is 2.29. The molecule has 0 saturated heterocycles. The normalized spacial score (nSPS) is 10.8. The van der Waals surface area contributed by atoms with Crippen molar-refractivity contribution in [1.82, 2.24) is 5.32 Å². The largest absolute Gasteiger partial charge is 0.490 e. The number of ether oxygens (including phenoxy) is 2. The van der Waals surface area contributed by atoms with E-state index >= 15 is 0 Å². The topological polar surface area (TPSA) is 43.6 Å². The molecule has 0 atom stereocenters. The lowest BCUT2D eigenvalue weighted by molar-refractivity contribution is 0.269. The van der Waals surface area contributed by atoms with Gasteiger partial charge in [0, 0.05) is 21.6 Å². The maximum atomic E-state index is 6.21. The molecule has 3 aromatic rings. The van der Waals surface area contributed by atoms with Crippen LogP contribution < -0.4 is 14.8 Å². The van der Waals surface area contributed by atoms with Gasteiger partial charge in [-0.2, -0.15) is 0 Å². The Morgan fingerprint density at radius 1 is 1.00 bits per heavy atom. The Labute approximate surface area is 172 Å². The second-order valence-electron chi connectivity index (χ2n) is 5.89. The SMILES string of the molecule is CCOc1cc(CNCc2ccco2)c(Br)cc1OCc1ccccc1Cl. The predicted octanol–water partition coefficient (Wildman–Crippen LogP) is 5.96. The molecule has 0 amide bonds. The second kappa shape index (κ2) is 9.83. The summed E-state index contributed by atoms with van der Waals surface area (Å²) in [4.78, 5) is 0. The Morgan fingerprint density at radius 3 is 2.56 bits per heavy atom. The van der Waals surface area contributed by atoms with Crippen LogP contribution in [-0.4, -0.2) is 6.61 Å². The second-order valence-corrected chi connectivity index (χ2v) is 7.15. The van der Waals surface area contributed by atoms with Gasteiger partial charge < -0.3 is 19.2 Å². The molecule has 0 aliphatic rings. The summed E-state index contributed by atoms with van der Waals surface area (Å²) in [6, 6.07) is 15.4. The van der Waals surface area contributed by atoms with Gasteiger partial charge in [0.2, 0.25) is 0 Å². The van der Waals surface area contributed by atoms with Crippen LogP contribution >= 0.6 is 27.5 Å². The van der Waals surface area contributed by atoms with Gasteiger partial charge in [0.05, 0.1) is 19.4 Å². The van der Waals surface area contributed by atoms with Crippen LogP contribution in [0.1, 0.15) is 23.8 Å². The van der Waals surface area contributed by atoms with E-state index in [1.165, 1.54) is 0 Å². The molecule has 0 aliphatic heterocycles. The maximum absolute atomic E-state index is 6.21. The summed E-state index contributed by atoms with van der Waals surface area (Å²) in [7, 11) is 0. The summed E-state index contributed by atoms with van der Waals surface area (Å²) in [6.45, 7) is 4.22. The van der Waals surface area contributed by atoms with Crippen LogP contribution in [0.2, 0.25) is 5.02 Å². The molecule has 1 heterocycles. The lowest BCUT2D eigenvalue weighted by Crippen LogP contribution is -2.13. The standard InChI is InChI=1S/C21H21BrClNO3/c1-2-25-20-10-16(12-24-13-17-7-5-9-26-17)18(22)11-21(20)27-14-15-6-3-4-8-19(15)23/h3-11,24H,2,12-14H2,1H3. The Morgan fingerprint density at radius 2 is 1.81 bits per heavy atom. The number of benzene rings is 2. The molecule has 27 heavy (non-hydrogen) atoms. The van der Waals surface area contributed by atoms with Gasteiger partial charge in [-0.25, -0.2) is 0 Å². The quantitative estimate of drug-likeness (QED) is 0.436. The first-order chi connectivity index (χ1) is 13.2. The highest BCUT2D eigenvalue weighted by Crippen LogP contribution is 2.35. The third-order valence-corrected chi connectivity index (χ3v) is 5.06. The molecule has 0 unspecified atom stereocenters. The van der Waals surface area contributed by atoms with Gasteiger partial charge in [-0.3, -0.25) is 0 Å². The molecule has 4 nitrogen and oxygen atoms in total. The van der Waals surface area contributed by atoms with Crippen molar-refractivity contribution >= 4 is 27.5 Å². The van der Waals surface area contributed by atoms with E-state index in [4.69, 9.17) is 25.5 Å². The van der Waals surface area contributed by atoms with Crippen molar-refractivity contribution in [2.75, 3.05) is 6.61 Å². The first kappa shape index (κ1) is 19.8. The highest BCUT2D eigenvalue weighted by molar-refractivity contribution is 9.10. The van der Waals surface area contributed by atoms with Crippen molar-refractivity contribution in [1.29, 1.82) is 0 Å². The first-order valence-electron chi connectivity index (χ1n) is 8.72. The van der Waals surface area contributed by atoms with Crippen molar-refractivity contribution in [2.45, 2.75) is 26.6 Å². The molecule has 2 aromatic carbocycles.